The first-order chi connectivity index (χ1) is 11.9. The standard InChI is InChI=1S/C22H20N2/c1-2-4-15-7-10-20-17(13-15)9-8-16-5-3-6-18-19-14-23-12-11-21(19)24(20)22(16)18/h1,5,8-9,11-12,14-15H,3-4,6-7,10,13H2. The second-order valence-corrected chi connectivity index (χ2v) is 7.08. The van der Waals surface area contributed by atoms with E-state index in [1.54, 1.807) is 0 Å². The first-order valence-corrected chi connectivity index (χ1v) is 8.88. The lowest BCUT2D eigenvalue weighted by atomic mass is 9.84. The maximum Gasteiger partial charge on any atom is 0.0567 e. The zero-order valence-electron chi connectivity index (χ0n) is 13.8. The molecule has 24 heavy (non-hydrogen) atoms. The van der Waals surface area contributed by atoms with Gasteiger partial charge in [-0.2, -0.15) is 0 Å². The largest absolute Gasteiger partial charge is 0.312 e. The van der Waals surface area contributed by atoms with Crippen LogP contribution in [-0.2, 0) is 6.42 Å². The third kappa shape index (κ3) is 1.88. The summed E-state index contributed by atoms with van der Waals surface area (Å²) in [7, 11) is 0. The minimum atomic E-state index is 0.625. The SMILES string of the molecule is C#CCC1CCC2=C(C=CC3=CCCc4c3n2c2ccncc42)C1. The Morgan fingerprint density at radius 2 is 2.25 bits per heavy atom. The van der Waals surface area contributed by atoms with Gasteiger partial charge in [-0.15, -0.1) is 12.3 Å². The summed E-state index contributed by atoms with van der Waals surface area (Å²) in [5, 5.41) is 1.32. The first-order valence-electron chi connectivity index (χ1n) is 8.88. The van der Waals surface area contributed by atoms with Crippen molar-refractivity contribution >= 4 is 22.2 Å². The van der Waals surface area contributed by atoms with E-state index in [4.69, 9.17) is 6.42 Å². The Morgan fingerprint density at radius 3 is 3.17 bits per heavy atom. The molecule has 0 saturated carbocycles. The maximum atomic E-state index is 5.56. The number of hydrogen-bond acceptors (Lipinski definition) is 1. The van der Waals surface area contributed by atoms with Crippen molar-refractivity contribution in [3.63, 3.8) is 0 Å². The van der Waals surface area contributed by atoms with E-state index in [0.717, 1.165) is 32.1 Å². The van der Waals surface area contributed by atoms with Crippen molar-refractivity contribution < 1.29 is 0 Å². The summed E-state index contributed by atoms with van der Waals surface area (Å²) in [6.45, 7) is 0. The van der Waals surface area contributed by atoms with Crippen LogP contribution in [0.15, 0.2) is 42.3 Å². The van der Waals surface area contributed by atoms with E-state index in [9.17, 15) is 0 Å². The van der Waals surface area contributed by atoms with Gasteiger partial charge in [0.05, 0.1) is 11.2 Å². The summed E-state index contributed by atoms with van der Waals surface area (Å²) < 4.78 is 2.53. The molecule has 118 valence electrons. The summed E-state index contributed by atoms with van der Waals surface area (Å²) in [4.78, 5) is 4.39. The highest BCUT2D eigenvalue weighted by Crippen LogP contribution is 2.44. The van der Waals surface area contributed by atoms with Gasteiger partial charge in [0.15, 0.2) is 0 Å². The average molecular weight is 312 g/mol. The zero-order chi connectivity index (χ0) is 16.1. The van der Waals surface area contributed by atoms with Crippen LogP contribution in [0.5, 0.6) is 0 Å². The Bertz CT molecular complexity index is 975. The van der Waals surface area contributed by atoms with Crippen LogP contribution in [-0.4, -0.2) is 9.55 Å². The molecule has 0 bridgehead atoms. The molecule has 2 aromatic rings. The molecule has 0 amide bonds. The highest BCUT2D eigenvalue weighted by molar-refractivity contribution is 5.96. The minimum absolute atomic E-state index is 0.625. The third-order valence-corrected chi connectivity index (χ3v) is 5.71. The van der Waals surface area contributed by atoms with E-state index in [2.05, 4.69) is 39.8 Å². The van der Waals surface area contributed by atoms with E-state index in [-0.39, 0.29) is 0 Å². The van der Waals surface area contributed by atoms with Crippen molar-refractivity contribution in [3.05, 3.63) is 53.5 Å². The number of nitrogens with zero attached hydrogens (tertiary/aromatic N) is 2. The molecule has 0 radical (unpaired) electrons. The molecular formula is C22H20N2. The number of aromatic nitrogens is 2. The van der Waals surface area contributed by atoms with Crippen molar-refractivity contribution in [2.75, 3.05) is 0 Å². The number of fused-ring (bicyclic) bond motifs is 4. The molecule has 5 rings (SSSR count). The molecule has 0 saturated heterocycles. The zero-order valence-corrected chi connectivity index (χ0v) is 13.8. The Hall–Kier alpha value is -2.53. The van der Waals surface area contributed by atoms with Crippen molar-refractivity contribution in [1.82, 2.24) is 9.55 Å². The molecule has 2 aliphatic carbocycles. The van der Waals surface area contributed by atoms with Crippen LogP contribution in [0.3, 0.4) is 0 Å². The molecule has 2 nitrogen and oxygen atoms in total. The molecule has 0 aromatic carbocycles. The second kappa shape index (κ2) is 5.24. The van der Waals surface area contributed by atoms with Gasteiger partial charge in [-0.05, 0) is 60.8 Å². The van der Waals surface area contributed by atoms with Crippen molar-refractivity contribution in [2.45, 2.75) is 38.5 Å². The van der Waals surface area contributed by atoms with Crippen molar-refractivity contribution in [3.8, 4) is 12.3 Å². The smallest absolute Gasteiger partial charge is 0.0567 e. The molecule has 1 aliphatic heterocycles. The Balaban J connectivity index is 1.79. The van der Waals surface area contributed by atoms with E-state index in [1.165, 1.54) is 45.4 Å². The first kappa shape index (κ1) is 13.9. The molecule has 0 N–H and O–H groups in total. The summed E-state index contributed by atoms with van der Waals surface area (Å²) in [6.07, 6.45) is 23.1. The van der Waals surface area contributed by atoms with Gasteiger partial charge >= 0.3 is 0 Å². The highest BCUT2D eigenvalue weighted by atomic mass is 15.0. The summed E-state index contributed by atoms with van der Waals surface area (Å²) in [6, 6.07) is 2.18. The van der Waals surface area contributed by atoms with Crippen LogP contribution in [0.1, 0.15) is 43.4 Å². The number of rotatable bonds is 1. The second-order valence-electron chi connectivity index (χ2n) is 7.08. The monoisotopic (exact) mass is 312 g/mol. The topological polar surface area (TPSA) is 17.8 Å². The fourth-order valence-electron chi connectivity index (χ4n) is 4.63. The van der Waals surface area contributed by atoms with E-state index in [1.807, 2.05) is 12.4 Å². The van der Waals surface area contributed by atoms with Crippen molar-refractivity contribution in [2.24, 2.45) is 5.92 Å². The molecule has 3 heterocycles. The summed E-state index contributed by atoms with van der Waals surface area (Å²) in [5.74, 6) is 3.48. The molecule has 2 heteroatoms. The number of allylic oxidation sites excluding steroid dienone is 6. The molecule has 2 aromatic heterocycles. The lowest BCUT2D eigenvalue weighted by Crippen LogP contribution is -2.13. The Labute approximate surface area is 142 Å². The van der Waals surface area contributed by atoms with E-state index < -0.39 is 0 Å². The van der Waals surface area contributed by atoms with Gasteiger partial charge in [0.1, 0.15) is 0 Å². The number of hydrogen-bond donors (Lipinski definition) is 0. The minimum Gasteiger partial charge on any atom is -0.312 e. The van der Waals surface area contributed by atoms with Crippen LogP contribution in [0.2, 0.25) is 0 Å². The molecule has 3 aliphatic rings. The van der Waals surface area contributed by atoms with Gasteiger partial charge in [0.2, 0.25) is 0 Å². The predicted octanol–water partition coefficient (Wildman–Crippen LogP) is 4.97. The highest BCUT2D eigenvalue weighted by Gasteiger charge is 2.29. The predicted molar refractivity (Wildman–Crippen MR) is 99.2 cm³/mol. The number of pyridine rings is 1. The third-order valence-electron chi connectivity index (χ3n) is 5.71. The van der Waals surface area contributed by atoms with Gasteiger partial charge in [0.25, 0.3) is 0 Å². The van der Waals surface area contributed by atoms with Gasteiger partial charge in [0, 0.05) is 29.9 Å². The number of aryl methyl sites for hydroxylation is 1. The molecule has 1 unspecified atom stereocenters. The summed E-state index contributed by atoms with van der Waals surface area (Å²) in [5.41, 5.74) is 8.50. The Kier molecular flexibility index (Phi) is 3.03. The van der Waals surface area contributed by atoms with Crippen LogP contribution >= 0.6 is 0 Å². The van der Waals surface area contributed by atoms with E-state index in [0.29, 0.717) is 5.92 Å². The normalized spacial score (nSPS) is 21.8. The molecule has 0 spiro atoms. The lowest BCUT2D eigenvalue weighted by Gasteiger charge is -2.26. The molecule has 1 atom stereocenters. The average Bonchev–Trinajstić information content (AvgIpc) is 2.85. The van der Waals surface area contributed by atoms with Gasteiger partial charge in [-0.3, -0.25) is 4.98 Å². The van der Waals surface area contributed by atoms with Gasteiger partial charge in [-0.25, -0.2) is 0 Å². The maximum absolute atomic E-state index is 5.56. The molecular weight excluding hydrogens is 292 g/mol. The van der Waals surface area contributed by atoms with Crippen LogP contribution in [0.25, 0.3) is 22.2 Å². The fraction of sp³-hybridized carbons (Fsp3) is 0.318. The van der Waals surface area contributed by atoms with Crippen molar-refractivity contribution in [1.29, 1.82) is 0 Å². The summed E-state index contributed by atoms with van der Waals surface area (Å²) >= 11 is 0. The van der Waals surface area contributed by atoms with Gasteiger partial charge in [-0.1, -0.05) is 18.2 Å². The van der Waals surface area contributed by atoms with E-state index >= 15 is 0 Å². The van der Waals surface area contributed by atoms with Crippen LogP contribution < -0.4 is 0 Å². The lowest BCUT2D eigenvalue weighted by molar-refractivity contribution is 0.483. The van der Waals surface area contributed by atoms with Gasteiger partial charge < -0.3 is 4.57 Å². The molecule has 0 fully saturated rings. The van der Waals surface area contributed by atoms with Crippen LogP contribution in [0.4, 0.5) is 0 Å². The Morgan fingerprint density at radius 1 is 1.29 bits per heavy atom. The quantitative estimate of drug-likeness (QED) is 0.680. The number of terminal acetylenes is 1. The fourth-order valence-corrected chi connectivity index (χ4v) is 4.63. The van der Waals surface area contributed by atoms with Crippen LogP contribution in [0, 0.1) is 18.3 Å².